The molecule has 0 radical (unpaired) electrons. The average Bonchev–Trinajstić information content (AvgIpc) is 3.18. The number of hydrogen-bond acceptors (Lipinski definition) is 6. The normalized spacial score (nSPS) is 18.2. The van der Waals surface area contributed by atoms with Crippen molar-refractivity contribution in [3.05, 3.63) is 33.3 Å². The van der Waals surface area contributed by atoms with Gasteiger partial charge in [-0.3, -0.25) is 29.5 Å². The minimum Gasteiger partial charge on any atom is -0.342 e. The van der Waals surface area contributed by atoms with Crippen LogP contribution in [-0.4, -0.2) is 83.8 Å². The van der Waals surface area contributed by atoms with Crippen molar-refractivity contribution < 1.29 is 14.5 Å². The molecule has 9 nitrogen and oxygen atoms in total. The summed E-state index contributed by atoms with van der Waals surface area (Å²) >= 11 is 5.88. The Morgan fingerprint density at radius 2 is 1.64 bits per heavy atom. The van der Waals surface area contributed by atoms with Gasteiger partial charge in [-0.2, -0.15) is 0 Å². The third-order valence-corrected chi connectivity index (χ3v) is 5.31. The molecule has 0 aromatic heterocycles. The predicted octanol–water partition coefficient (Wildman–Crippen LogP) is 1.43. The maximum atomic E-state index is 12.3. The van der Waals surface area contributed by atoms with Gasteiger partial charge >= 0.3 is 0 Å². The van der Waals surface area contributed by atoms with Gasteiger partial charge in [-0.1, -0.05) is 11.6 Å². The molecule has 2 saturated heterocycles. The monoisotopic (exact) mass is 409 g/mol. The number of nitrogens with zero attached hydrogens (tertiary/aromatic N) is 4. The molecule has 10 heteroatoms. The maximum Gasteiger partial charge on any atom is 0.292 e. The van der Waals surface area contributed by atoms with Crippen LogP contribution in [0.15, 0.2) is 18.2 Å². The van der Waals surface area contributed by atoms with Gasteiger partial charge in [-0.15, -0.1) is 0 Å². The molecule has 1 aromatic rings. The number of piperazine rings is 1. The quantitative estimate of drug-likeness (QED) is 0.563. The molecule has 2 heterocycles. The maximum absolute atomic E-state index is 12.3. The van der Waals surface area contributed by atoms with Gasteiger partial charge in [0.25, 0.3) is 5.69 Å². The zero-order valence-electron chi connectivity index (χ0n) is 15.6. The molecule has 2 aliphatic heterocycles. The number of rotatable bonds is 6. The summed E-state index contributed by atoms with van der Waals surface area (Å²) in [5.41, 5.74) is -0.0969. The second-order valence-electron chi connectivity index (χ2n) is 7.11. The lowest BCUT2D eigenvalue weighted by Gasteiger charge is -2.34. The van der Waals surface area contributed by atoms with Crippen LogP contribution in [0.2, 0.25) is 5.02 Å². The van der Waals surface area contributed by atoms with Crippen LogP contribution in [0.4, 0.5) is 11.4 Å². The number of hydrogen-bond donors (Lipinski definition) is 1. The van der Waals surface area contributed by atoms with Crippen molar-refractivity contribution in [1.29, 1.82) is 0 Å². The van der Waals surface area contributed by atoms with Crippen molar-refractivity contribution in [3.8, 4) is 0 Å². The van der Waals surface area contributed by atoms with Crippen LogP contribution in [0.25, 0.3) is 0 Å². The van der Waals surface area contributed by atoms with Gasteiger partial charge in [0.2, 0.25) is 11.8 Å². The fourth-order valence-electron chi connectivity index (χ4n) is 3.52. The largest absolute Gasteiger partial charge is 0.342 e. The Labute approximate surface area is 168 Å². The summed E-state index contributed by atoms with van der Waals surface area (Å²) in [6.45, 7) is 5.03. The van der Waals surface area contributed by atoms with E-state index in [-0.39, 0.29) is 29.7 Å². The number of anilines is 1. The van der Waals surface area contributed by atoms with Crippen LogP contribution in [0, 0.1) is 10.1 Å². The van der Waals surface area contributed by atoms with Crippen LogP contribution in [0.5, 0.6) is 0 Å². The van der Waals surface area contributed by atoms with Crippen LogP contribution in [-0.2, 0) is 9.59 Å². The molecule has 0 bridgehead atoms. The first-order valence-corrected chi connectivity index (χ1v) is 9.76. The zero-order chi connectivity index (χ0) is 20.1. The van der Waals surface area contributed by atoms with Crippen molar-refractivity contribution in [1.82, 2.24) is 14.7 Å². The molecule has 0 spiro atoms. The summed E-state index contributed by atoms with van der Waals surface area (Å²) < 4.78 is 0. The second-order valence-corrected chi connectivity index (χ2v) is 7.54. The highest BCUT2D eigenvalue weighted by molar-refractivity contribution is 6.31. The number of nitro groups is 1. The molecule has 0 atom stereocenters. The van der Waals surface area contributed by atoms with Gasteiger partial charge in [0, 0.05) is 50.4 Å². The van der Waals surface area contributed by atoms with Crippen LogP contribution in [0.1, 0.15) is 12.8 Å². The summed E-state index contributed by atoms with van der Waals surface area (Å²) in [4.78, 5) is 41.1. The molecule has 28 heavy (non-hydrogen) atoms. The Balaban J connectivity index is 1.46. The third-order valence-electron chi connectivity index (χ3n) is 5.08. The number of carbonyl (C=O) groups is 2. The van der Waals surface area contributed by atoms with E-state index in [1.165, 1.54) is 18.2 Å². The molecule has 3 rings (SSSR count). The lowest BCUT2D eigenvalue weighted by molar-refractivity contribution is -0.383. The SMILES string of the molecule is O=C(CN1CCN(CC(=O)N2CCCC2)CC1)Nc1cc(Cl)ccc1[N+](=O)[O-]. The van der Waals surface area contributed by atoms with Crippen molar-refractivity contribution in [2.75, 3.05) is 57.7 Å². The topological polar surface area (TPSA) is 99.0 Å². The van der Waals surface area contributed by atoms with Gasteiger partial charge in [-0.05, 0) is 25.0 Å². The Bertz CT molecular complexity index is 745. The van der Waals surface area contributed by atoms with E-state index in [0.717, 1.165) is 25.9 Å². The number of nitro benzene ring substituents is 1. The summed E-state index contributed by atoms with van der Waals surface area (Å²) in [6.07, 6.45) is 2.17. The molecule has 0 aliphatic carbocycles. The lowest BCUT2D eigenvalue weighted by Crippen LogP contribution is -2.51. The highest BCUT2D eigenvalue weighted by Gasteiger charge is 2.24. The minimum absolute atomic E-state index is 0.0948. The van der Waals surface area contributed by atoms with Crippen LogP contribution >= 0.6 is 11.6 Å². The van der Waals surface area contributed by atoms with Gasteiger partial charge in [0.05, 0.1) is 18.0 Å². The highest BCUT2D eigenvalue weighted by atomic mass is 35.5. The van der Waals surface area contributed by atoms with Crippen molar-refractivity contribution in [2.45, 2.75) is 12.8 Å². The van der Waals surface area contributed by atoms with Gasteiger partial charge in [0.1, 0.15) is 5.69 Å². The van der Waals surface area contributed by atoms with E-state index in [2.05, 4.69) is 10.2 Å². The first-order chi connectivity index (χ1) is 13.4. The molecule has 2 fully saturated rings. The number of amides is 2. The molecule has 1 aromatic carbocycles. The third kappa shape index (κ3) is 5.40. The fourth-order valence-corrected chi connectivity index (χ4v) is 3.70. The first-order valence-electron chi connectivity index (χ1n) is 9.38. The van der Waals surface area contributed by atoms with E-state index < -0.39 is 4.92 Å². The van der Waals surface area contributed by atoms with E-state index >= 15 is 0 Å². The zero-order valence-corrected chi connectivity index (χ0v) is 16.4. The smallest absolute Gasteiger partial charge is 0.292 e. The second kappa shape index (κ2) is 9.31. The highest BCUT2D eigenvalue weighted by Crippen LogP contribution is 2.27. The van der Waals surface area contributed by atoms with Crippen molar-refractivity contribution >= 4 is 34.8 Å². The minimum atomic E-state index is -0.553. The van der Waals surface area contributed by atoms with Gasteiger partial charge in [-0.25, -0.2) is 0 Å². The van der Waals surface area contributed by atoms with Crippen LogP contribution in [0.3, 0.4) is 0 Å². The van der Waals surface area contributed by atoms with Crippen LogP contribution < -0.4 is 5.32 Å². The molecule has 0 unspecified atom stereocenters. The Kier molecular flexibility index (Phi) is 6.82. The average molecular weight is 410 g/mol. The fraction of sp³-hybridized carbons (Fsp3) is 0.556. The molecule has 0 saturated carbocycles. The summed E-state index contributed by atoms with van der Waals surface area (Å²) in [5, 5.41) is 14.0. The molecule has 2 amide bonds. The van der Waals surface area contributed by atoms with E-state index in [1.807, 2.05) is 9.80 Å². The molecule has 152 valence electrons. The van der Waals surface area contributed by atoms with Gasteiger partial charge < -0.3 is 10.2 Å². The summed E-state index contributed by atoms with van der Waals surface area (Å²) in [7, 11) is 0. The number of likely N-dealkylation sites (tertiary alicyclic amines) is 1. The van der Waals surface area contributed by atoms with E-state index in [4.69, 9.17) is 11.6 Å². The lowest BCUT2D eigenvalue weighted by atomic mass is 10.2. The molecular weight excluding hydrogens is 386 g/mol. The number of carbonyl (C=O) groups excluding carboxylic acids is 2. The number of benzene rings is 1. The molecule has 2 aliphatic rings. The summed E-state index contributed by atoms with van der Waals surface area (Å²) in [6, 6.07) is 4.06. The Hall–Kier alpha value is -2.23. The van der Waals surface area contributed by atoms with Crippen molar-refractivity contribution in [2.24, 2.45) is 0 Å². The Morgan fingerprint density at radius 3 is 2.25 bits per heavy atom. The number of halogens is 1. The Morgan fingerprint density at radius 1 is 1.04 bits per heavy atom. The predicted molar refractivity (Wildman–Crippen MR) is 105 cm³/mol. The molecule has 1 N–H and O–H groups in total. The molecular formula is C18H24ClN5O4. The van der Waals surface area contributed by atoms with Gasteiger partial charge in [0.15, 0.2) is 0 Å². The standard InChI is InChI=1S/C18H24ClN5O4/c19-14-3-4-16(24(27)28)15(11-14)20-17(25)12-21-7-9-22(10-8-21)13-18(26)23-5-1-2-6-23/h3-4,11H,1-2,5-10,12-13H2,(H,20,25). The van der Waals surface area contributed by atoms with E-state index in [1.54, 1.807) is 0 Å². The van der Waals surface area contributed by atoms with E-state index in [0.29, 0.717) is 37.7 Å². The summed E-state index contributed by atoms with van der Waals surface area (Å²) in [5.74, 6) is -0.149. The first kappa shape index (κ1) is 20.5. The van der Waals surface area contributed by atoms with Crippen molar-refractivity contribution in [3.63, 3.8) is 0 Å². The number of nitrogens with one attached hydrogen (secondary N) is 1. The van der Waals surface area contributed by atoms with E-state index in [9.17, 15) is 19.7 Å².